The zero-order valence-corrected chi connectivity index (χ0v) is 20.0. The first-order chi connectivity index (χ1) is 16.1. The molecule has 0 bridgehead atoms. The number of alkyl carbamates (subject to hydrolysis) is 1. The maximum absolute atomic E-state index is 13.2. The summed E-state index contributed by atoms with van der Waals surface area (Å²) in [6.07, 6.45) is 2.60. The summed E-state index contributed by atoms with van der Waals surface area (Å²) in [5.41, 5.74) is 1.31. The summed E-state index contributed by atoms with van der Waals surface area (Å²) in [5, 5.41) is 3.51. The van der Waals surface area contributed by atoms with Crippen molar-refractivity contribution < 1.29 is 23.5 Å². The smallest absolute Gasteiger partial charge is 0.408 e. The number of ether oxygens (including phenoxy) is 2. The van der Waals surface area contributed by atoms with Gasteiger partial charge in [-0.05, 0) is 63.6 Å². The second-order valence-electron chi connectivity index (χ2n) is 9.24. The van der Waals surface area contributed by atoms with Crippen LogP contribution in [0.2, 0.25) is 5.02 Å². The highest BCUT2D eigenvalue weighted by molar-refractivity contribution is 6.33. The molecule has 34 heavy (non-hydrogen) atoms. The molecule has 0 radical (unpaired) electrons. The van der Waals surface area contributed by atoms with Crippen molar-refractivity contribution in [3.63, 3.8) is 0 Å². The van der Waals surface area contributed by atoms with Gasteiger partial charge in [-0.3, -0.25) is 0 Å². The lowest BCUT2D eigenvalue weighted by atomic mass is 9.90. The van der Waals surface area contributed by atoms with Gasteiger partial charge in [-0.2, -0.15) is 0 Å². The highest BCUT2D eigenvalue weighted by Gasteiger charge is 2.28. The number of esters is 1. The van der Waals surface area contributed by atoms with Crippen molar-refractivity contribution in [2.75, 3.05) is 0 Å². The van der Waals surface area contributed by atoms with Crippen molar-refractivity contribution in [1.82, 2.24) is 5.32 Å². The molecule has 0 aliphatic heterocycles. The van der Waals surface area contributed by atoms with Gasteiger partial charge in [0.2, 0.25) is 0 Å². The lowest BCUT2D eigenvalue weighted by molar-refractivity contribution is -0.137. The molecule has 0 unspecified atom stereocenters. The molecule has 178 valence electrons. The van der Waals surface area contributed by atoms with Gasteiger partial charge in [-0.1, -0.05) is 41.9 Å². The summed E-state index contributed by atoms with van der Waals surface area (Å²) in [5.74, 6) is -0.733. The Labute approximate surface area is 202 Å². The number of fused-ring (bicyclic) bond motifs is 3. The Balaban J connectivity index is 1.65. The SMILES string of the molecule is CC(C)(C)OC(=O)N[C@@H](C(=O)Oc1cc2oc(=O)c3c(c2cc1Cl)CCCC3)c1ccccc1. The van der Waals surface area contributed by atoms with Crippen LogP contribution in [0.1, 0.15) is 56.3 Å². The van der Waals surface area contributed by atoms with Crippen LogP contribution in [0.25, 0.3) is 11.0 Å². The third-order valence-electron chi connectivity index (χ3n) is 5.52. The summed E-state index contributed by atoms with van der Waals surface area (Å²) >= 11 is 6.46. The van der Waals surface area contributed by atoms with E-state index in [2.05, 4.69) is 5.32 Å². The molecule has 3 aromatic rings. The highest BCUT2D eigenvalue weighted by atomic mass is 35.5. The van der Waals surface area contributed by atoms with E-state index in [4.69, 9.17) is 25.5 Å². The maximum Gasteiger partial charge on any atom is 0.408 e. The minimum atomic E-state index is -1.14. The second-order valence-corrected chi connectivity index (χ2v) is 9.65. The molecule has 4 rings (SSSR count). The van der Waals surface area contributed by atoms with Crippen molar-refractivity contribution in [3.05, 3.63) is 74.6 Å². The van der Waals surface area contributed by atoms with Crippen molar-refractivity contribution in [2.45, 2.75) is 58.1 Å². The fourth-order valence-corrected chi connectivity index (χ4v) is 4.24. The number of halogens is 1. The van der Waals surface area contributed by atoms with Gasteiger partial charge in [0.15, 0.2) is 11.8 Å². The molecule has 1 amide bonds. The summed E-state index contributed by atoms with van der Waals surface area (Å²) in [6.45, 7) is 5.18. The predicted molar refractivity (Wildman–Crippen MR) is 128 cm³/mol. The summed E-state index contributed by atoms with van der Waals surface area (Å²) in [6, 6.07) is 10.6. The van der Waals surface area contributed by atoms with Crippen LogP contribution in [-0.4, -0.2) is 17.7 Å². The average molecular weight is 484 g/mol. The van der Waals surface area contributed by atoms with Gasteiger partial charge < -0.3 is 19.2 Å². The molecule has 0 fully saturated rings. The van der Waals surface area contributed by atoms with Crippen molar-refractivity contribution in [2.24, 2.45) is 0 Å². The zero-order valence-electron chi connectivity index (χ0n) is 19.3. The van der Waals surface area contributed by atoms with Gasteiger partial charge in [-0.15, -0.1) is 0 Å². The molecule has 1 heterocycles. The van der Waals surface area contributed by atoms with Gasteiger partial charge >= 0.3 is 17.7 Å². The molecule has 2 aromatic carbocycles. The predicted octanol–water partition coefficient (Wildman–Crippen LogP) is 5.50. The van der Waals surface area contributed by atoms with E-state index in [0.29, 0.717) is 23.1 Å². The third kappa shape index (κ3) is 5.25. The van der Waals surface area contributed by atoms with Crippen LogP contribution >= 0.6 is 11.6 Å². The van der Waals surface area contributed by atoms with Crippen molar-refractivity contribution >= 4 is 34.6 Å². The Bertz CT molecular complexity index is 1290. The maximum atomic E-state index is 13.2. The standard InChI is InChI=1S/C26H26ClNO6/c1-26(2,3)34-25(31)28-22(15-9-5-4-6-10-15)24(30)33-21-14-20-18(13-19(21)27)16-11-7-8-12-17(16)23(29)32-20/h4-6,9-10,13-14,22H,7-8,11-12H2,1-3H3,(H,28,31)/t22-/m1/s1. The van der Waals surface area contributed by atoms with E-state index in [1.165, 1.54) is 6.07 Å². The van der Waals surface area contributed by atoms with E-state index in [1.807, 2.05) is 0 Å². The van der Waals surface area contributed by atoms with E-state index >= 15 is 0 Å². The molecule has 1 atom stereocenters. The topological polar surface area (TPSA) is 94.8 Å². The second kappa shape index (κ2) is 9.50. The Morgan fingerprint density at radius 1 is 1.06 bits per heavy atom. The van der Waals surface area contributed by atoms with Crippen LogP contribution in [0.15, 0.2) is 51.7 Å². The van der Waals surface area contributed by atoms with Crippen LogP contribution in [0.3, 0.4) is 0 Å². The average Bonchev–Trinajstić information content (AvgIpc) is 2.78. The lowest BCUT2D eigenvalue weighted by Gasteiger charge is -2.23. The van der Waals surface area contributed by atoms with Crippen LogP contribution in [0.4, 0.5) is 4.79 Å². The van der Waals surface area contributed by atoms with E-state index in [9.17, 15) is 14.4 Å². The Hall–Kier alpha value is -3.32. The van der Waals surface area contributed by atoms with Crippen LogP contribution in [0.5, 0.6) is 5.75 Å². The van der Waals surface area contributed by atoms with Crippen molar-refractivity contribution in [1.29, 1.82) is 0 Å². The van der Waals surface area contributed by atoms with Crippen LogP contribution in [-0.2, 0) is 22.4 Å². The first kappa shape index (κ1) is 23.8. The molecule has 7 nitrogen and oxygen atoms in total. The lowest BCUT2D eigenvalue weighted by Crippen LogP contribution is -2.39. The molecule has 1 aliphatic rings. The van der Waals surface area contributed by atoms with Gasteiger partial charge in [-0.25, -0.2) is 14.4 Å². The molecular weight excluding hydrogens is 458 g/mol. The number of benzene rings is 2. The fourth-order valence-electron chi connectivity index (χ4n) is 4.04. The number of nitrogens with one attached hydrogen (secondary N) is 1. The minimum Gasteiger partial charge on any atom is -0.444 e. The van der Waals surface area contributed by atoms with Gasteiger partial charge in [0.1, 0.15) is 11.2 Å². The monoisotopic (exact) mass is 483 g/mol. The number of hydrogen-bond donors (Lipinski definition) is 1. The highest BCUT2D eigenvalue weighted by Crippen LogP contribution is 2.35. The molecule has 1 aromatic heterocycles. The molecular formula is C26H26ClNO6. The molecule has 1 N–H and O–H groups in total. The summed E-state index contributed by atoms with van der Waals surface area (Å²) in [7, 11) is 0. The van der Waals surface area contributed by atoms with Crippen molar-refractivity contribution in [3.8, 4) is 5.75 Å². The van der Waals surface area contributed by atoms with Crippen LogP contribution < -0.4 is 15.7 Å². The third-order valence-corrected chi connectivity index (χ3v) is 5.81. The first-order valence-electron chi connectivity index (χ1n) is 11.2. The van der Waals surface area contributed by atoms with Gasteiger partial charge in [0.25, 0.3) is 0 Å². The number of carbonyl (C=O) groups is 2. The zero-order chi connectivity index (χ0) is 24.5. The fraction of sp³-hybridized carbons (Fsp3) is 0.346. The number of carbonyl (C=O) groups excluding carboxylic acids is 2. The Morgan fingerprint density at radius 2 is 1.74 bits per heavy atom. The molecule has 0 saturated heterocycles. The number of rotatable bonds is 4. The summed E-state index contributed by atoms with van der Waals surface area (Å²) < 4.78 is 16.4. The number of aryl methyl sites for hydroxylation is 1. The summed E-state index contributed by atoms with van der Waals surface area (Å²) in [4.78, 5) is 38.0. The quantitative estimate of drug-likeness (QED) is 0.299. The largest absolute Gasteiger partial charge is 0.444 e. The number of hydrogen-bond acceptors (Lipinski definition) is 6. The van der Waals surface area contributed by atoms with E-state index in [1.54, 1.807) is 57.2 Å². The van der Waals surface area contributed by atoms with Crippen LogP contribution in [0, 0.1) is 0 Å². The number of amides is 1. The molecule has 1 aliphatic carbocycles. The normalized spacial score (nSPS) is 14.2. The van der Waals surface area contributed by atoms with E-state index in [0.717, 1.165) is 30.2 Å². The minimum absolute atomic E-state index is 0.0324. The first-order valence-corrected chi connectivity index (χ1v) is 11.5. The van der Waals surface area contributed by atoms with E-state index in [-0.39, 0.29) is 16.4 Å². The Morgan fingerprint density at radius 3 is 2.41 bits per heavy atom. The molecule has 0 spiro atoms. The van der Waals surface area contributed by atoms with E-state index < -0.39 is 23.7 Å². The van der Waals surface area contributed by atoms with Gasteiger partial charge in [0.05, 0.1) is 5.02 Å². The molecule has 8 heteroatoms. The van der Waals surface area contributed by atoms with Gasteiger partial charge in [0, 0.05) is 17.0 Å². The molecule has 0 saturated carbocycles. The Kier molecular flexibility index (Phi) is 6.66.